The number of ether oxygens (including phenoxy) is 1. The molecule has 0 aliphatic carbocycles. The molecule has 0 radical (unpaired) electrons. The van der Waals surface area contributed by atoms with E-state index in [2.05, 4.69) is 0 Å². The van der Waals surface area contributed by atoms with Crippen molar-refractivity contribution in [3.63, 3.8) is 0 Å². The lowest BCUT2D eigenvalue weighted by Gasteiger charge is -2.10. The number of benzene rings is 1. The van der Waals surface area contributed by atoms with Crippen LogP contribution in [0, 0.1) is 0 Å². The summed E-state index contributed by atoms with van der Waals surface area (Å²) in [5, 5.41) is -0.621. The van der Waals surface area contributed by atoms with Gasteiger partial charge in [-0.3, -0.25) is 4.79 Å². The van der Waals surface area contributed by atoms with E-state index in [1.165, 1.54) is 0 Å². The quantitative estimate of drug-likeness (QED) is 0.594. The molecule has 5 heteroatoms. The van der Waals surface area contributed by atoms with Crippen molar-refractivity contribution in [3.8, 4) is 5.75 Å². The number of carbonyl (C=O) groups excluding carboxylic acids is 1. The van der Waals surface area contributed by atoms with Crippen LogP contribution in [0.4, 0.5) is 0 Å². The van der Waals surface area contributed by atoms with E-state index >= 15 is 0 Å². The summed E-state index contributed by atoms with van der Waals surface area (Å²) in [5.41, 5.74) is -0.856. The SMILES string of the molecule is O=C(Cl)C(Oc1ccccc1)SCl. The summed E-state index contributed by atoms with van der Waals surface area (Å²) in [4.78, 5) is 10.7. The van der Waals surface area contributed by atoms with Gasteiger partial charge in [0.05, 0.1) is 0 Å². The second-order valence-corrected chi connectivity index (χ2v) is 3.67. The van der Waals surface area contributed by atoms with Crippen molar-refractivity contribution >= 4 is 38.5 Å². The van der Waals surface area contributed by atoms with Crippen LogP contribution in [-0.4, -0.2) is 10.7 Å². The van der Waals surface area contributed by atoms with E-state index in [-0.39, 0.29) is 0 Å². The third-order valence-electron chi connectivity index (χ3n) is 1.25. The molecule has 1 rings (SSSR count). The fourth-order valence-corrected chi connectivity index (χ4v) is 1.61. The van der Waals surface area contributed by atoms with Crippen LogP contribution in [0.5, 0.6) is 5.75 Å². The van der Waals surface area contributed by atoms with Crippen LogP contribution < -0.4 is 4.74 Å². The first-order valence-electron chi connectivity index (χ1n) is 3.42. The lowest BCUT2D eigenvalue weighted by atomic mass is 10.3. The van der Waals surface area contributed by atoms with Gasteiger partial charge in [-0.15, -0.1) is 0 Å². The Kier molecular flexibility index (Phi) is 4.42. The van der Waals surface area contributed by atoms with Gasteiger partial charge in [-0.1, -0.05) is 18.2 Å². The Bertz CT molecular complexity index is 279. The molecule has 2 nitrogen and oxygen atoms in total. The standard InChI is InChI=1S/C8H6Cl2O2S/c9-7(11)8(13-10)12-6-4-2-1-3-5-6/h1-5,8H. The smallest absolute Gasteiger partial charge is 0.274 e. The molecule has 1 unspecified atom stereocenters. The Hall–Kier alpha value is -0.380. The molecule has 0 saturated heterocycles. The van der Waals surface area contributed by atoms with E-state index in [0.29, 0.717) is 5.75 Å². The molecule has 0 bridgehead atoms. The third kappa shape index (κ3) is 3.46. The number of rotatable bonds is 4. The number of hydrogen-bond donors (Lipinski definition) is 0. The Morgan fingerprint density at radius 1 is 1.38 bits per heavy atom. The van der Waals surface area contributed by atoms with Gasteiger partial charge in [-0.25, -0.2) is 0 Å². The van der Waals surface area contributed by atoms with Crippen LogP contribution in [0.2, 0.25) is 0 Å². The first-order chi connectivity index (χ1) is 6.24. The fourth-order valence-electron chi connectivity index (χ4n) is 0.722. The van der Waals surface area contributed by atoms with Crippen molar-refractivity contribution in [2.24, 2.45) is 0 Å². The molecule has 0 spiro atoms. The van der Waals surface area contributed by atoms with Crippen LogP contribution in [0.15, 0.2) is 30.3 Å². The Morgan fingerprint density at radius 3 is 2.46 bits per heavy atom. The minimum absolute atomic E-state index is 0.564. The highest BCUT2D eigenvalue weighted by Gasteiger charge is 2.17. The fraction of sp³-hybridized carbons (Fsp3) is 0.125. The maximum Gasteiger partial charge on any atom is 0.274 e. The summed E-state index contributed by atoms with van der Waals surface area (Å²) >= 11 is 5.22. The maximum atomic E-state index is 10.7. The summed E-state index contributed by atoms with van der Waals surface area (Å²) in [5.74, 6) is 0.564. The van der Waals surface area contributed by atoms with Crippen molar-refractivity contribution in [2.75, 3.05) is 0 Å². The second-order valence-electron chi connectivity index (χ2n) is 2.16. The molecule has 0 heterocycles. The average molecular weight is 237 g/mol. The molecular weight excluding hydrogens is 231 g/mol. The minimum Gasteiger partial charge on any atom is -0.469 e. The van der Waals surface area contributed by atoms with Gasteiger partial charge >= 0.3 is 0 Å². The van der Waals surface area contributed by atoms with Crippen LogP contribution >= 0.6 is 33.3 Å². The predicted molar refractivity (Wildman–Crippen MR) is 55.2 cm³/mol. The van der Waals surface area contributed by atoms with Gasteiger partial charge in [0.2, 0.25) is 5.44 Å². The first kappa shape index (κ1) is 10.7. The van der Waals surface area contributed by atoms with Gasteiger partial charge in [0.25, 0.3) is 5.24 Å². The number of halogens is 2. The summed E-state index contributed by atoms with van der Waals surface area (Å²) in [6.45, 7) is 0. The summed E-state index contributed by atoms with van der Waals surface area (Å²) in [6, 6.07) is 8.88. The molecule has 0 N–H and O–H groups in total. The van der Waals surface area contributed by atoms with Crippen molar-refractivity contribution < 1.29 is 9.53 Å². The Morgan fingerprint density at radius 2 is 2.00 bits per heavy atom. The first-order valence-corrected chi connectivity index (χ1v) is 5.51. The topological polar surface area (TPSA) is 26.3 Å². The lowest BCUT2D eigenvalue weighted by molar-refractivity contribution is -0.114. The number of carbonyl (C=O) groups is 1. The normalized spacial score (nSPS) is 12.2. The summed E-state index contributed by atoms with van der Waals surface area (Å²) in [6.07, 6.45) is 0. The molecule has 0 aliphatic heterocycles. The highest BCUT2D eigenvalue weighted by molar-refractivity contribution is 8.22. The molecule has 0 aromatic heterocycles. The monoisotopic (exact) mass is 236 g/mol. The highest BCUT2D eigenvalue weighted by atomic mass is 35.7. The lowest BCUT2D eigenvalue weighted by Crippen LogP contribution is -2.17. The predicted octanol–water partition coefficient (Wildman–Crippen LogP) is 3.04. The molecule has 0 saturated carbocycles. The molecular formula is C8H6Cl2O2S. The van der Waals surface area contributed by atoms with E-state index in [4.69, 9.17) is 27.0 Å². The molecule has 0 aliphatic rings. The highest BCUT2D eigenvalue weighted by Crippen LogP contribution is 2.22. The van der Waals surface area contributed by atoms with Crippen molar-refractivity contribution in [3.05, 3.63) is 30.3 Å². The molecule has 0 fully saturated rings. The van der Waals surface area contributed by atoms with Gasteiger partial charge < -0.3 is 4.74 Å². The Labute approximate surface area is 89.7 Å². The second kappa shape index (κ2) is 5.37. The maximum absolute atomic E-state index is 10.7. The van der Waals surface area contributed by atoms with Gasteiger partial charge in [0.1, 0.15) is 5.75 Å². The minimum atomic E-state index is -0.856. The van der Waals surface area contributed by atoms with E-state index in [1.807, 2.05) is 6.07 Å². The molecule has 1 aromatic carbocycles. The molecule has 13 heavy (non-hydrogen) atoms. The number of para-hydroxylation sites is 1. The summed E-state index contributed by atoms with van der Waals surface area (Å²) < 4.78 is 5.17. The van der Waals surface area contributed by atoms with E-state index in [0.717, 1.165) is 11.0 Å². The zero-order valence-corrected chi connectivity index (χ0v) is 8.77. The molecule has 1 atom stereocenters. The zero-order valence-electron chi connectivity index (χ0n) is 6.44. The van der Waals surface area contributed by atoms with Gasteiger partial charge in [0.15, 0.2) is 0 Å². The summed E-state index contributed by atoms with van der Waals surface area (Å²) in [7, 11) is 6.14. The average Bonchev–Trinajstić information content (AvgIpc) is 2.15. The molecule has 1 aromatic rings. The van der Waals surface area contributed by atoms with E-state index in [1.54, 1.807) is 24.3 Å². The van der Waals surface area contributed by atoms with Crippen LogP contribution in [0.25, 0.3) is 0 Å². The molecule has 70 valence electrons. The zero-order chi connectivity index (χ0) is 9.68. The van der Waals surface area contributed by atoms with Crippen molar-refractivity contribution in [1.82, 2.24) is 0 Å². The van der Waals surface area contributed by atoms with Crippen LogP contribution in [0.1, 0.15) is 0 Å². The van der Waals surface area contributed by atoms with Crippen molar-refractivity contribution in [1.29, 1.82) is 0 Å². The largest absolute Gasteiger partial charge is 0.469 e. The van der Waals surface area contributed by atoms with Crippen molar-refractivity contribution in [2.45, 2.75) is 5.44 Å². The van der Waals surface area contributed by atoms with Gasteiger partial charge in [-0.2, -0.15) is 0 Å². The number of hydrogen-bond acceptors (Lipinski definition) is 3. The van der Waals surface area contributed by atoms with Crippen LogP contribution in [0.3, 0.4) is 0 Å². The van der Waals surface area contributed by atoms with Gasteiger partial charge in [0, 0.05) is 0 Å². The molecule has 0 amide bonds. The third-order valence-corrected chi connectivity index (χ3v) is 2.54. The van der Waals surface area contributed by atoms with Gasteiger partial charge in [-0.05, 0) is 45.4 Å². The Balaban J connectivity index is 2.62. The van der Waals surface area contributed by atoms with E-state index < -0.39 is 10.7 Å². The van der Waals surface area contributed by atoms with Crippen LogP contribution in [-0.2, 0) is 4.79 Å². The van der Waals surface area contributed by atoms with E-state index in [9.17, 15) is 4.79 Å².